The van der Waals surface area contributed by atoms with E-state index in [2.05, 4.69) is 101 Å². The molecule has 0 spiro atoms. The van der Waals surface area contributed by atoms with E-state index in [-0.39, 0.29) is 16.9 Å². The topological polar surface area (TPSA) is 124 Å². The summed E-state index contributed by atoms with van der Waals surface area (Å²) in [4.78, 5) is 4.53. The van der Waals surface area contributed by atoms with Crippen molar-refractivity contribution in [3.05, 3.63) is 65.3 Å². The van der Waals surface area contributed by atoms with Gasteiger partial charge < -0.3 is 21.4 Å². The third kappa shape index (κ3) is 4.71. The molecule has 0 bridgehead atoms. The van der Waals surface area contributed by atoms with Gasteiger partial charge in [-0.05, 0) is 42.9 Å². The first-order valence-corrected chi connectivity index (χ1v) is 14.1. The van der Waals surface area contributed by atoms with Gasteiger partial charge in [0.25, 0.3) is 0 Å². The van der Waals surface area contributed by atoms with Gasteiger partial charge in [-0.2, -0.15) is 10.5 Å². The highest BCUT2D eigenvalue weighted by molar-refractivity contribution is 5.99. The predicted octanol–water partition coefficient (Wildman–Crippen LogP) is 4.61. The predicted molar refractivity (Wildman–Crippen MR) is 157 cm³/mol. The lowest BCUT2D eigenvalue weighted by molar-refractivity contribution is 0.247. The Hall–Kier alpha value is -4.21. The van der Waals surface area contributed by atoms with E-state index in [1.807, 2.05) is 12.1 Å². The Morgan fingerprint density at radius 2 is 1.98 bits per heavy atom. The van der Waals surface area contributed by atoms with Gasteiger partial charge in [0.15, 0.2) is 0 Å². The summed E-state index contributed by atoms with van der Waals surface area (Å²) in [5.74, 6) is 0.333. The molecule has 2 aliphatic heterocycles. The Kier molecular flexibility index (Phi) is 6.35. The van der Waals surface area contributed by atoms with E-state index in [4.69, 9.17) is 0 Å². The zero-order chi connectivity index (χ0) is 28.1. The van der Waals surface area contributed by atoms with E-state index in [0.717, 1.165) is 29.7 Å². The van der Waals surface area contributed by atoms with Gasteiger partial charge in [0, 0.05) is 59.6 Å². The number of aromatic nitrogens is 1. The maximum absolute atomic E-state index is 10.1. The van der Waals surface area contributed by atoms with Crippen LogP contribution in [0.3, 0.4) is 0 Å². The van der Waals surface area contributed by atoms with Crippen LogP contribution in [0, 0.1) is 39.4 Å². The van der Waals surface area contributed by atoms with Crippen molar-refractivity contribution < 1.29 is 0 Å². The van der Waals surface area contributed by atoms with Gasteiger partial charge in [-0.3, -0.25) is 9.99 Å². The van der Waals surface area contributed by atoms with E-state index in [1.54, 1.807) is 6.20 Å². The quantitative estimate of drug-likeness (QED) is 0.346. The number of nitrogens with one attached hydrogen (secondary N) is 5. The van der Waals surface area contributed by atoms with Crippen molar-refractivity contribution in [3.63, 3.8) is 0 Å². The van der Waals surface area contributed by atoms with Crippen LogP contribution in [0.4, 0.5) is 11.4 Å². The Bertz CT molecular complexity index is 1510. The summed E-state index contributed by atoms with van der Waals surface area (Å²) in [5.41, 5.74) is 12.0. The van der Waals surface area contributed by atoms with Crippen molar-refractivity contribution >= 4 is 22.3 Å². The SMILES string of the molecule is CC(C)(C)CNc1c(C#N)cnc2c(C#N)cc(N[C@H](C3=CN(C4CC4)NN3)C3(C)C=CC=C4NCCC43)cc12. The molecule has 0 radical (unpaired) electrons. The van der Waals surface area contributed by atoms with Gasteiger partial charge in [-0.1, -0.05) is 39.8 Å². The molecule has 1 saturated carbocycles. The minimum atomic E-state index is -0.241. The lowest BCUT2D eigenvalue weighted by Gasteiger charge is -2.43. The molecule has 6 rings (SSSR count). The maximum atomic E-state index is 10.1. The Labute approximate surface area is 236 Å². The van der Waals surface area contributed by atoms with E-state index < -0.39 is 0 Å². The largest absolute Gasteiger partial charge is 0.388 e. The summed E-state index contributed by atoms with van der Waals surface area (Å²) in [6.45, 7) is 10.4. The van der Waals surface area contributed by atoms with Crippen LogP contribution < -0.4 is 26.9 Å². The fourth-order valence-electron chi connectivity index (χ4n) is 6.11. The van der Waals surface area contributed by atoms with Crippen molar-refractivity contribution in [2.45, 2.75) is 59.0 Å². The second-order valence-corrected chi connectivity index (χ2v) is 12.8. The van der Waals surface area contributed by atoms with Gasteiger partial charge in [0.1, 0.15) is 12.1 Å². The van der Waals surface area contributed by atoms with Crippen LogP contribution in [0.15, 0.2) is 54.2 Å². The molecule has 3 atom stereocenters. The monoisotopic (exact) mass is 535 g/mol. The second-order valence-electron chi connectivity index (χ2n) is 12.8. The van der Waals surface area contributed by atoms with Crippen molar-refractivity contribution in [3.8, 4) is 12.1 Å². The number of nitriles is 2. The normalized spacial score (nSPS) is 24.2. The number of nitrogens with zero attached hydrogens (tertiary/aromatic N) is 4. The van der Waals surface area contributed by atoms with Crippen LogP contribution in [-0.2, 0) is 0 Å². The molecule has 3 heterocycles. The number of pyridine rings is 1. The smallest absolute Gasteiger partial charge is 0.103 e. The molecular formula is C31H37N9. The number of rotatable bonds is 7. The van der Waals surface area contributed by atoms with Crippen LogP contribution in [0.2, 0.25) is 0 Å². The summed E-state index contributed by atoms with van der Waals surface area (Å²) >= 11 is 0. The first kappa shape index (κ1) is 26.0. The second kappa shape index (κ2) is 9.76. The lowest BCUT2D eigenvalue weighted by atomic mass is 9.66. The van der Waals surface area contributed by atoms with Crippen molar-refractivity contribution in [1.29, 1.82) is 10.5 Å². The molecule has 40 heavy (non-hydrogen) atoms. The van der Waals surface area contributed by atoms with Crippen LogP contribution in [-0.4, -0.2) is 35.2 Å². The zero-order valence-electron chi connectivity index (χ0n) is 23.6. The molecule has 9 nitrogen and oxygen atoms in total. The first-order chi connectivity index (χ1) is 19.2. The van der Waals surface area contributed by atoms with E-state index in [9.17, 15) is 10.5 Å². The molecule has 1 saturated heterocycles. The summed E-state index contributed by atoms with van der Waals surface area (Å²) in [6, 6.07) is 8.95. The highest BCUT2D eigenvalue weighted by atomic mass is 15.7. The fourth-order valence-corrected chi connectivity index (χ4v) is 6.11. The minimum Gasteiger partial charge on any atom is -0.388 e. The fraction of sp³-hybridized carbons (Fsp3) is 0.452. The molecule has 2 aliphatic carbocycles. The molecule has 2 unspecified atom stereocenters. The third-order valence-electron chi connectivity index (χ3n) is 8.42. The molecule has 1 aromatic heterocycles. The Balaban J connectivity index is 1.45. The zero-order valence-corrected chi connectivity index (χ0v) is 23.6. The number of anilines is 2. The summed E-state index contributed by atoms with van der Waals surface area (Å²) in [7, 11) is 0. The van der Waals surface area contributed by atoms with Gasteiger partial charge in [-0.25, -0.2) is 0 Å². The number of hydrogen-bond donors (Lipinski definition) is 5. The standard InChI is InChI=1S/C31H37N9/c1-30(2,3)18-36-28-20(15-33)16-35-27-19(14-32)12-21(13-23(27)28)37-29(26-17-40(39-38-26)22-7-8-22)31(4)10-5-6-25-24(31)9-11-34-25/h5-6,10,12-13,16-17,22,24,29,34,37-39H,7-9,11,18H2,1-4H3,(H,35,36)/t24?,29-,31?/m1/s1. The Morgan fingerprint density at radius 3 is 2.70 bits per heavy atom. The summed E-state index contributed by atoms with van der Waals surface area (Å²) in [6.07, 6.45) is 13.8. The highest BCUT2D eigenvalue weighted by Crippen LogP contribution is 2.47. The lowest BCUT2D eigenvalue weighted by Crippen LogP contribution is -2.48. The van der Waals surface area contributed by atoms with Crippen molar-refractivity contribution in [2.75, 3.05) is 23.7 Å². The summed E-state index contributed by atoms with van der Waals surface area (Å²) in [5, 5.41) is 33.9. The van der Waals surface area contributed by atoms with E-state index in [0.29, 0.717) is 40.8 Å². The third-order valence-corrected chi connectivity index (χ3v) is 8.42. The Morgan fingerprint density at radius 1 is 1.18 bits per heavy atom. The molecule has 2 aromatic rings. The molecule has 9 heteroatoms. The van der Waals surface area contributed by atoms with E-state index in [1.165, 1.54) is 18.5 Å². The summed E-state index contributed by atoms with van der Waals surface area (Å²) < 4.78 is 0. The number of fused-ring (bicyclic) bond motifs is 2. The average Bonchev–Trinajstić information content (AvgIpc) is 3.45. The number of allylic oxidation sites excluding steroid dienone is 3. The van der Waals surface area contributed by atoms with Crippen LogP contribution in [0.1, 0.15) is 58.1 Å². The molecule has 1 aromatic carbocycles. The number of hydrazine groups is 2. The van der Waals surface area contributed by atoms with Gasteiger partial charge in [0.2, 0.25) is 0 Å². The minimum absolute atomic E-state index is 0.00480. The van der Waals surface area contributed by atoms with Gasteiger partial charge in [0.05, 0.1) is 34.1 Å². The molecule has 5 N–H and O–H groups in total. The van der Waals surface area contributed by atoms with Crippen LogP contribution >= 0.6 is 0 Å². The highest BCUT2D eigenvalue weighted by Gasteiger charge is 2.47. The number of benzene rings is 1. The van der Waals surface area contributed by atoms with Gasteiger partial charge in [-0.15, -0.1) is 5.53 Å². The molecular weight excluding hydrogens is 498 g/mol. The van der Waals surface area contributed by atoms with Crippen molar-refractivity contribution in [1.82, 2.24) is 26.3 Å². The molecule has 0 amide bonds. The van der Waals surface area contributed by atoms with E-state index >= 15 is 0 Å². The molecule has 206 valence electrons. The first-order valence-electron chi connectivity index (χ1n) is 14.1. The molecule has 2 fully saturated rings. The van der Waals surface area contributed by atoms with Crippen LogP contribution in [0.25, 0.3) is 10.9 Å². The maximum Gasteiger partial charge on any atom is 0.103 e. The van der Waals surface area contributed by atoms with Crippen molar-refractivity contribution in [2.24, 2.45) is 16.7 Å². The average molecular weight is 536 g/mol. The number of hydrogen-bond acceptors (Lipinski definition) is 9. The van der Waals surface area contributed by atoms with Crippen LogP contribution in [0.5, 0.6) is 0 Å². The molecule has 4 aliphatic rings. The van der Waals surface area contributed by atoms with Gasteiger partial charge >= 0.3 is 0 Å².